The van der Waals surface area contributed by atoms with E-state index in [1.54, 1.807) is 0 Å². The molecule has 2 unspecified atom stereocenters. The maximum Gasteiger partial charge on any atom is 0.120 e. The lowest BCUT2D eigenvalue weighted by molar-refractivity contribution is -0.195. The molecule has 0 radical (unpaired) electrons. The van der Waals surface area contributed by atoms with Gasteiger partial charge in [0.05, 0.1) is 6.61 Å². The summed E-state index contributed by atoms with van der Waals surface area (Å²) in [6, 6.07) is 0.661. The Labute approximate surface area is 112 Å². The normalized spacial score (nSPS) is 41.5. The van der Waals surface area contributed by atoms with E-state index in [-0.39, 0.29) is 5.72 Å². The van der Waals surface area contributed by atoms with Crippen molar-refractivity contribution in [1.82, 2.24) is 5.32 Å². The van der Waals surface area contributed by atoms with Gasteiger partial charge in [0.15, 0.2) is 0 Å². The molecule has 0 bridgehead atoms. The minimum Gasteiger partial charge on any atom is -0.360 e. The van der Waals surface area contributed by atoms with Crippen molar-refractivity contribution in [2.45, 2.75) is 78.0 Å². The fourth-order valence-electron chi connectivity index (χ4n) is 4.55. The molecule has 0 aromatic rings. The first-order valence-electron chi connectivity index (χ1n) is 7.78. The Balaban J connectivity index is 1.78. The lowest BCUT2D eigenvalue weighted by Crippen LogP contribution is -2.67. The second-order valence-corrected chi connectivity index (χ2v) is 8.21. The maximum absolute atomic E-state index is 6.39. The van der Waals surface area contributed by atoms with E-state index >= 15 is 0 Å². The number of rotatable bonds is 1. The minimum atomic E-state index is -0.000718. The highest BCUT2D eigenvalue weighted by Crippen LogP contribution is 2.54. The Morgan fingerprint density at radius 3 is 2.28 bits per heavy atom. The van der Waals surface area contributed by atoms with Gasteiger partial charge in [0, 0.05) is 11.5 Å². The quantitative estimate of drug-likeness (QED) is 0.767. The molecule has 104 valence electrons. The highest BCUT2D eigenvalue weighted by molar-refractivity contribution is 5.07. The zero-order valence-electron chi connectivity index (χ0n) is 12.5. The van der Waals surface area contributed by atoms with Crippen molar-refractivity contribution in [1.29, 1.82) is 0 Å². The largest absolute Gasteiger partial charge is 0.360 e. The third-order valence-corrected chi connectivity index (χ3v) is 5.70. The topological polar surface area (TPSA) is 21.3 Å². The molecule has 3 aliphatic rings. The molecule has 3 fully saturated rings. The van der Waals surface area contributed by atoms with E-state index in [0.29, 0.717) is 16.9 Å². The highest BCUT2D eigenvalue weighted by atomic mass is 16.5. The van der Waals surface area contributed by atoms with Gasteiger partial charge in [-0.05, 0) is 43.4 Å². The maximum atomic E-state index is 6.39. The molecule has 1 heterocycles. The summed E-state index contributed by atoms with van der Waals surface area (Å²) >= 11 is 0. The molecule has 2 saturated carbocycles. The van der Waals surface area contributed by atoms with Crippen LogP contribution in [0.25, 0.3) is 0 Å². The molecule has 3 rings (SSSR count). The van der Waals surface area contributed by atoms with Crippen molar-refractivity contribution in [2.75, 3.05) is 6.61 Å². The van der Waals surface area contributed by atoms with Crippen molar-refractivity contribution < 1.29 is 4.74 Å². The monoisotopic (exact) mass is 251 g/mol. The lowest BCUT2D eigenvalue weighted by Gasteiger charge is -2.57. The molecule has 0 aromatic heterocycles. The number of ether oxygens (including phenoxy) is 1. The molecule has 0 aromatic carbocycles. The summed E-state index contributed by atoms with van der Waals surface area (Å²) in [4.78, 5) is 0. The van der Waals surface area contributed by atoms with Crippen LogP contribution >= 0.6 is 0 Å². The predicted octanol–water partition coefficient (Wildman–Crippen LogP) is 3.71. The van der Waals surface area contributed by atoms with Crippen LogP contribution in [0, 0.1) is 16.7 Å². The van der Waals surface area contributed by atoms with Crippen LogP contribution in [0.2, 0.25) is 0 Å². The van der Waals surface area contributed by atoms with E-state index < -0.39 is 0 Å². The van der Waals surface area contributed by atoms with Crippen LogP contribution in [0.3, 0.4) is 0 Å². The number of hydrogen-bond donors (Lipinski definition) is 1. The zero-order chi connectivity index (χ0) is 13.0. The molecule has 1 aliphatic heterocycles. The summed E-state index contributed by atoms with van der Waals surface area (Å²) in [5, 5.41) is 3.95. The van der Waals surface area contributed by atoms with Crippen LogP contribution in [0.5, 0.6) is 0 Å². The van der Waals surface area contributed by atoms with Crippen molar-refractivity contribution in [2.24, 2.45) is 16.7 Å². The van der Waals surface area contributed by atoms with Gasteiger partial charge in [0.2, 0.25) is 0 Å². The Bertz CT molecular complexity index is 332. The first-order valence-corrected chi connectivity index (χ1v) is 7.78. The van der Waals surface area contributed by atoms with Crippen LogP contribution < -0.4 is 5.32 Å². The van der Waals surface area contributed by atoms with Crippen LogP contribution in [-0.4, -0.2) is 18.4 Å². The third kappa shape index (κ3) is 1.92. The van der Waals surface area contributed by atoms with Gasteiger partial charge in [-0.25, -0.2) is 0 Å². The van der Waals surface area contributed by atoms with E-state index in [0.717, 1.165) is 12.5 Å². The molecule has 2 heteroatoms. The van der Waals surface area contributed by atoms with Gasteiger partial charge in [-0.2, -0.15) is 0 Å². The molecule has 2 aliphatic carbocycles. The second-order valence-electron chi connectivity index (χ2n) is 8.21. The van der Waals surface area contributed by atoms with Crippen LogP contribution in [0.15, 0.2) is 0 Å². The van der Waals surface area contributed by atoms with E-state index in [4.69, 9.17) is 4.74 Å². The Morgan fingerprint density at radius 2 is 1.83 bits per heavy atom. The average molecular weight is 251 g/mol. The van der Waals surface area contributed by atoms with Crippen LogP contribution in [-0.2, 0) is 4.74 Å². The number of nitrogens with one attached hydrogen (secondary N) is 1. The van der Waals surface area contributed by atoms with E-state index in [9.17, 15) is 0 Å². The fourth-order valence-corrected chi connectivity index (χ4v) is 4.55. The first-order chi connectivity index (χ1) is 8.37. The molecule has 2 nitrogen and oxygen atoms in total. The molecule has 2 atom stereocenters. The summed E-state index contributed by atoms with van der Waals surface area (Å²) in [5.74, 6) is 0.717. The molecular formula is C16H29NO. The van der Waals surface area contributed by atoms with E-state index in [2.05, 4.69) is 33.0 Å². The molecule has 1 N–H and O–H groups in total. The van der Waals surface area contributed by atoms with Crippen molar-refractivity contribution in [3.8, 4) is 0 Å². The molecular weight excluding hydrogens is 222 g/mol. The highest BCUT2D eigenvalue weighted by Gasteiger charge is 2.56. The molecule has 1 saturated heterocycles. The average Bonchev–Trinajstić information content (AvgIpc) is 2.52. The lowest BCUT2D eigenvalue weighted by atomic mass is 9.61. The summed E-state index contributed by atoms with van der Waals surface area (Å²) in [5.41, 5.74) is 0.907. The second kappa shape index (κ2) is 3.96. The minimum absolute atomic E-state index is 0.000718. The molecule has 2 spiro atoms. The Kier molecular flexibility index (Phi) is 2.84. The van der Waals surface area contributed by atoms with E-state index in [1.165, 1.54) is 38.5 Å². The molecule has 0 amide bonds. The van der Waals surface area contributed by atoms with Gasteiger partial charge in [0.25, 0.3) is 0 Å². The third-order valence-electron chi connectivity index (χ3n) is 5.70. The SMILES string of the molecule is CC(C)C1NC2(CCC(C)(C)C2)OCC12CCC2. The van der Waals surface area contributed by atoms with Gasteiger partial charge in [-0.1, -0.05) is 34.1 Å². The van der Waals surface area contributed by atoms with Gasteiger partial charge >= 0.3 is 0 Å². The molecule has 18 heavy (non-hydrogen) atoms. The number of hydrogen-bond acceptors (Lipinski definition) is 2. The summed E-state index contributed by atoms with van der Waals surface area (Å²) in [6.07, 6.45) is 7.79. The Hall–Kier alpha value is -0.0800. The van der Waals surface area contributed by atoms with Gasteiger partial charge in [-0.3, -0.25) is 5.32 Å². The fraction of sp³-hybridized carbons (Fsp3) is 1.00. The van der Waals surface area contributed by atoms with Crippen molar-refractivity contribution in [3.05, 3.63) is 0 Å². The van der Waals surface area contributed by atoms with Crippen LogP contribution in [0.4, 0.5) is 0 Å². The van der Waals surface area contributed by atoms with Crippen molar-refractivity contribution >= 4 is 0 Å². The smallest absolute Gasteiger partial charge is 0.120 e. The van der Waals surface area contributed by atoms with Gasteiger partial charge in [0.1, 0.15) is 5.72 Å². The van der Waals surface area contributed by atoms with Crippen molar-refractivity contribution in [3.63, 3.8) is 0 Å². The predicted molar refractivity (Wildman–Crippen MR) is 74.4 cm³/mol. The summed E-state index contributed by atoms with van der Waals surface area (Å²) in [6.45, 7) is 10.5. The van der Waals surface area contributed by atoms with Gasteiger partial charge < -0.3 is 4.74 Å². The summed E-state index contributed by atoms with van der Waals surface area (Å²) in [7, 11) is 0. The first kappa shape index (κ1) is 12.9. The Morgan fingerprint density at radius 1 is 1.11 bits per heavy atom. The zero-order valence-corrected chi connectivity index (χ0v) is 12.5. The van der Waals surface area contributed by atoms with Crippen LogP contribution in [0.1, 0.15) is 66.2 Å². The summed E-state index contributed by atoms with van der Waals surface area (Å²) < 4.78 is 6.39. The van der Waals surface area contributed by atoms with Gasteiger partial charge in [-0.15, -0.1) is 0 Å². The van der Waals surface area contributed by atoms with E-state index in [1.807, 2.05) is 0 Å². The standard InChI is InChI=1S/C16H29NO/c1-12(2)13-15(6-5-7-15)11-18-16(17-13)9-8-14(3,4)10-16/h12-13,17H,5-11H2,1-4H3.